The molecule has 1 aromatic heterocycles. The molecule has 1 heterocycles. The monoisotopic (exact) mass is 430 g/mol. The van der Waals surface area contributed by atoms with Crippen LogP contribution in [0.1, 0.15) is 21.5 Å². The molecular weight excluding hydrogens is 415 g/mol. The van der Waals surface area contributed by atoms with Crippen LogP contribution in [0.2, 0.25) is 0 Å². The van der Waals surface area contributed by atoms with Crippen molar-refractivity contribution in [3.8, 4) is 0 Å². The highest BCUT2D eigenvalue weighted by atomic mass is 19.4. The zero-order chi connectivity index (χ0) is 22.2. The Morgan fingerprint density at radius 3 is 2.35 bits per heavy atom. The van der Waals surface area contributed by atoms with Crippen LogP contribution in [0.4, 0.5) is 27.6 Å². The summed E-state index contributed by atoms with van der Waals surface area (Å²) in [5.41, 5.74) is 0.551. The summed E-state index contributed by atoms with van der Waals surface area (Å²) in [6, 6.07) is 14.5. The lowest BCUT2D eigenvalue weighted by Crippen LogP contribution is -2.14. The number of halogens is 5. The maximum atomic E-state index is 13.9. The van der Waals surface area contributed by atoms with Crippen LogP contribution in [-0.2, 0) is 12.7 Å². The number of para-hydroxylation sites is 1. The minimum Gasteiger partial charge on any atom is -0.341 e. The van der Waals surface area contributed by atoms with Crippen molar-refractivity contribution in [1.82, 2.24) is 4.57 Å². The van der Waals surface area contributed by atoms with Crippen molar-refractivity contribution < 1.29 is 26.7 Å². The number of carbonyl (C=O) groups is 1. The largest absolute Gasteiger partial charge is 0.416 e. The molecule has 0 aliphatic carbocycles. The number of amides is 1. The molecule has 0 aliphatic heterocycles. The van der Waals surface area contributed by atoms with Crippen LogP contribution in [-0.4, -0.2) is 10.5 Å². The molecule has 0 radical (unpaired) electrons. The van der Waals surface area contributed by atoms with Gasteiger partial charge in [-0.25, -0.2) is 8.78 Å². The second-order valence-corrected chi connectivity index (χ2v) is 6.96. The predicted molar refractivity (Wildman–Crippen MR) is 107 cm³/mol. The van der Waals surface area contributed by atoms with Crippen LogP contribution in [0.5, 0.6) is 0 Å². The van der Waals surface area contributed by atoms with Crippen molar-refractivity contribution in [1.29, 1.82) is 0 Å². The number of anilines is 1. The van der Waals surface area contributed by atoms with Gasteiger partial charge >= 0.3 is 6.18 Å². The predicted octanol–water partition coefficient (Wildman–Crippen LogP) is 6.24. The molecule has 31 heavy (non-hydrogen) atoms. The number of nitrogens with zero attached hydrogens (tertiary/aromatic N) is 1. The number of hydrogen-bond acceptors (Lipinski definition) is 1. The van der Waals surface area contributed by atoms with Gasteiger partial charge in [0.15, 0.2) is 0 Å². The number of rotatable bonds is 4. The second kappa shape index (κ2) is 7.86. The lowest BCUT2D eigenvalue weighted by atomic mass is 10.1. The van der Waals surface area contributed by atoms with Crippen molar-refractivity contribution in [2.45, 2.75) is 12.7 Å². The van der Waals surface area contributed by atoms with E-state index in [2.05, 4.69) is 5.32 Å². The van der Waals surface area contributed by atoms with Crippen LogP contribution < -0.4 is 5.32 Å². The first-order chi connectivity index (χ1) is 14.7. The Balaban J connectivity index is 1.65. The molecule has 0 bridgehead atoms. The van der Waals surface area contributed by atoms with E-state index >= 15 is 0 Å². The first kappa shape index (κ1) is 20.6. The van der Waals surface area contributed by atoms with Crippen molar-refractivity contribution in [3.63, 3.8) is 0 Å². The second-order valence-electron chi connectivity index (χ2n) is 6.96. The Morgan fingerprint density at radius 1 is 0.935 bits per heavy atom. The summed E-state index contributed by atoms with van der Waals surface area (Å²) in [4.78, 5) is 12.5. The molecule has 3 nitrogen and oxygen atoms in total. The zero-order valence-electron chi connectivity index (χ0n) is 15.9. The summed E-state index contributed by atoms with van der Waals surface area (Å²) in [7, 11) is 0. The molecule has 1 N–H and O–H groups in total. The highest BCUT2D eigenvalue weighted by Crippen LogP contribution is 2.30. The molecule has 3 aromatic carbocycles. The SMILES string of the molecule is O=C(Nc1cn(Cc2ccc(C(F)(F)F)cc2)c2ccccc12)c1cc(F)ccc1F. The van der Waals surface area contributed by atoms with E-state index in [0.29, 0.717) is 16.6 Å². The van der Waals surface area contributed by atoms with E-state index in [4.69, 9.17) is 0 Å². The van der Waals surface area contributed by atoms with E-state index in [1.54, 1.807) is 35.0 Å². The van der Waals surface area contributed by atoms with Gasteiger partial charge in [-0.15, -0.1) is 0 Å². The van der Waals surface area contributed by atoms with E-state index in [0.717, 1.165) is 35.8 Å². The normalized spacial score (nSPS) is 11.6. The van der Waals surface area contributed by atoms with Gasteiger partial charge in [0.05, 0.1) is 22.3 Å². The number of fused-ring (bicyclic) bond motifs is 1. The van der Waals surface area contributed by atoms with Crippen LogP contribution >= 0.6 is 0 Å². The van der Waals surface area contributed by atoms with Crippen LogP contribution in [0.3, 0.4) is 0 Å². The van der Waals surface area contributed by atoms with E-state index in [1.165, 1.54) is 12.1 Å². The Hall–Kier alpha value is -3.68. The van der Waals surface area contributed by atoms with Crippen molar-refractivity contribution in [3.05, 3.63) is 101 Å². The molecule has 0 unspecified atom stereocenters. The minimum absolute atomic E-state index is 0.253. The minimum atomic E-state index is -4.41. The van der Waals surface area contributed by atoms with Gasteiger partial charge in [-0.1, -0.05) is 30.3 Å². The summed E-state index contributed by atoms with van der Waals surface area (Å²) >= 11 is 0. The molecule has 8 heteroatoms. The third kappa shape index (κ3) is 4.28. The van der Waals surface area contributed by atoms with E-state index in [9.17, 15) is 26.7 Å². The fourth-order valence-corrected chi connectivity index (χ4v) is 3.33. The van der Waals surface area contributed by atoms with Gasteiger partial charge in [0, 0.05) is 18.1 Å². The summed E-state index contributed by atoms with van der Waals surface area (Å²) in [6.07, 6.45) is -2.81. The number of nitrogens with one attached hydrogen (secondary N) is 1. The molecule has 0 aliphatic rings. The molecule has 0 saturated carbocycles. The summed E-state index contributed by atoms with van der Waals surface area (Å²) < 4.78 is 67.5. The van der Waals surface area contributed by atoms with Crippen LogP contribution in [0, 0.1) is 11.6 Å². The number of alkyl halides is 3. The number of benzene rings is 3. The first-order valence-electron chi connectivity index (χ1n) is 9.23. The number of aromatic nitrogens is 1. The molecule has 4 rings (SSSR count). The highest BCUT2D eigenvalue weighted by molar-refractivity contribution is 6.09. The van der Waals surface area contributed by atoms with Crippen molar-refractivity contribution >= 4 is 22.5 Å². The van der Waals surface area contributed by atoms with Gasteiger partial charge < -0.3 is 9.88 Å². The Labute approximate surface area is 173 Å². The molecule has 1 amide bonds. The fraction of sp³-hybridized carbons (Fsp3) is 0.0870. The molecule has 0 spiro atoms. The molecule has 0 saturated heterocycles. The Bertz CT molecular complexity index is 1260. The highest BCUT2D eigenvalue weighted by Gasteiger charge is 2.29. The quantitative estimate of drug-likeness (QED) is 0.382. The smallest absolute Gasteiger partial charge is 0.341 e. The van der Waals surface area contributed by atoms with E-state index in [1.807, 2.05) is 0 Å². The molecule has 158 valence electrons. The standard InChI is InChI=1S/C23H15F5N2O/c24-16-9-10-19(25)18(11-16)22(31)29-20-13-30(21-4-2-1-3-17(20)21)12-14-5-7-15(8-6-14)23(26,27)28/h1-11,13H,12H2,(H,29,31). The zero-order valence-corrected chi connectivity index (χ0v) is 15.9. The van der Waals surface area contributed by atoms with Gasteiger partial charge in [0.25, 0.3) is 5.91 Å². The summed E-state index contributed by atoms with van der Waals surface area (Å²) in [6.45, 7) is 0.253. The number of carbonyl (C=O) groups excluding carboxylic acids is 1. The lowest BCUT2D eigenvalue weighted by Gasteiger charge is -2.09. The summed E-state index contributed by atoms with van der Waals surface area (Å²) in [5.74, 6) is -2.40. The van der Waals surface area contributed by atoms with Crippen molar-refractivity contribution in [2.24, 2.45) is 0 Å². The van der Waals surface area contributed by atoms with Gasteiger partial charge in [-0.3, -0.25) is 4.79 Å². The molecular formula is C23H15F5N2O. The van der Waals surface area contributed by atoms with Gasteiger partial charge in [-0.05, 0) is 42.0 Å². The van der Waals surface area contributed by atoms with Crippen LogP contribution in [0.25, 0.3) is 10.9 Å². The number of hydrogen-bond donors (Lipinski definition) is 1. The molecule has 4 aromatic rings. The maximum absolute atomic E-state index is 13.9. The van der Waals surface area contributed by atoms with Crippen LogP contribution in [0.15, 0.2) is 72.9 Å². The summed E-state index contributed by atoms with van der Waals surface area (Å²) in [5, 5.41) is 3.24. The topological polar surface area (TPSA) is 34.0 Å². The fourth-order valence-electron chi connectivity index (χ4n) is 3.33. The van der Waals surface area contributed by atoms with Gasteiger partial charge in [0.1, 0.15) is 11.6 Å². The third-order valence-corrected chi connectivity index (χ3v) is 4.84. The third-order valence-electron chi connectivity index (χ3n) is 4.84. The van der Waals surface area contributed by atoms with Crippen molar-refractivity contribution in [2.75, 3.05) is 5.32 Å². The first-order valence-corrected chi connectivity index (χ1v) is 9.23. The maximum Gasteiger partial charge on any atom is 0.416 e. The van der Waals surface area contributed by atoms with Gasteiger partial charge in [-0.2, -0.15) is 13.2 Å². The average Bonchev–Trinajstić information content (AvgIpc) is 3.07. The Morgan fingerprint density at radius 2 is 1.65 bits per heavy atom. The molecule has 0 fully saturated rings. The Kier molecular flexibility index (Phi) is 5.22. The van der Waals surface area contributed by atoms with E-state index in [-0.39, 0.29) is 6.54 Å². The van der Waals surface area contributed by atoms with Gasteiger partial charge in [0.2, 0.25) is 0 Å². The lowest BCUT2D eigenvalue weighted by molar-refractivity contribution is -0.137. The average molecular weight is 430 g/mol. The van der Waals surface area contributed by atoms with E-state index < -0.39 is 34.8 Å². The molecule has 0 atom stereocenters.